The second-order valence-corrected chi connectivity index (χ2v) is 4.88. The van der Waals surface area contributed by atoms with Crippen molar-refractivity contribution in [2.24, 2.45) is 0 Å². The third-order valence-corrected chi connectivity index (χ3v) is 3.40. The van der Waals surface area contributed by atoms with Gasteiger partial charge in [-0.3, -0.25) is 14.4 Å². The van der Waals surface area contributed by atoms with Crippen molar-refractivity contribution in [3.8, 4) is 0 Å². The average molecular weight is 280 g/mol. The van der Waals surface area contributed by atoms with Crippen molar-refractivity contribution in [2.45, 2.75) is 26.2 Å². The highest BCUT2D eigenvalue weighted by molar-refractivity contribution is 6.52. The number of carbonyl (C=O) groups is 3. The average Bonchev–Trinajstić information content (AvgIpc) is 2.63. The van der Waals surface area contributed by atoms with Crippen LogP contribution in [0.1, 0.15) is 36.5 Å². The Bertz CT molecular complexity index is 554. The lowest BCUT2D eigenvalue weighted by atomic mass is 10.1. The van der Waals surface area contributed by atoms with Crippen LogP contribution in [0.15, 0.2) is 18.2 Å². The number of nitrogens with zero attached hydrogens (tertiary/aromatic N) is 1. The zero-order chi connectivity index (χ0) is 14.0. The number of benzene rings is 1. The molecule has 1 aromatic rings. The molecule has 0 spiro atoms. The number of anilines is 1. The van der Waals surface area contributed by atoms with E-state index in [4.69, 9.17) is 11.6 Å². The Labute approximate surface area is 116 Å². The van der Waals surface area contributed by atoms with Gasteiger partial charge in [0.15, 0.2) is 0 Å². The Balaban J connectivity index is 2.14. The Hall–Kier alpha value is -1.68. The van der Waals surface area contributed by atoms with E-state index < -0.39 is 11.7 Å². The molecule has 0 aromatic heterocycles. The highest BCUT2D eigenvalue weighted by Gasteiger charge is 2.35. The van der Waals surface area contributed by atoms with Gasteiger partial charge in [0, 0.05) is 24.4 Å². The molecule has 0 atom stereocenters. The van der Waals surface area contributed by atoms with Gasteiger partial charge >= 0.3 is 0 Å². The summed E-state index contributed by atoms with van der Waals surface area (Å²) in [5.74, 6) is -0.890. The number of hydrogen-bond donors (Lipinski definition) is 0. The summed E-state index contributed by atoms with van der Waals surface area (Å²) >= 11 is 5.89. The fourth-order valence-corrected chi connectivity index (χ4v) is 2.27. The van der Waals surface area contributed by atoms with Gasteiger partial charge < -0.3 is 4.90 Å². The minimum atomic E-state index is -0.541. The van der Waals surface area contributed by atoms with E-state index in [2.05, 4.69) is 0 Å². The molecule has 0 saturated carbocycles. The van der Waals surface area contributed by atoms with Crippen molar-refractivity contribution in [1.82, 2.24) is 0 Å². The van der Waals surface area contributed by atoms with E-state index in [0.717, 1.165) is 0 Å². The van der Waals surface area contributed by atoms with Crippen molar-refractivity contribution in [3.05, 3.63) is 28.8 Å². The van der Waals surface area contributed by atoms with E-state index in [9.17, 15) is 14.4 Å². The van der Waals surface area contributed by atoms with Crippen LogP contribution < -0.4 is 4.90 Å². The number of Topliss-reactive ketones (excluding diaryl/α,β-unsaturated/α-hetero) is 2. The van der Waals surface area contributed by atoms with Crippen LogP contribution in [0, 0.1) is 0 Å². The molecule has 19 heavy (non-hydrogen) atoms. The fraction of sp³-hybridized carbons (Fsp3) is 0.357. The standard InChI is InChI=1S/C14H14ClNO3/c1-2-10(17)4-3-7-16-12-8-9(15)5-6-11(12)13(18)14(16)19/h5-6,8H,2-4,7H2,1H3. The summed E-state index contributed by atoms with van der Waals surface area (Å²) in [4.78, 5) is 36.3. The van der Waals surface area contributed by atoms with Crippen molar-refractivity contribution in [1.29, 1.82) is 0 Å². The Morgan fingerprint density at radius 2 is 2.05 bits per heavy atom. The van der Waals surface area contributed by atoms with Gasteiger partial charge in [-0.1, -0.05) is 18.5 Å². The van der Waals surface area contributed by atoms with Gasteiger partial charge in [0.2, 0.25) is 0 Å². The van der Waals surface area contributed by atoms with Gasteiger partial charge in [0.25, 0.3) is 11.7 Å². The van der Waals surface area contributed by atoms with Gasteiger partial charge in [-0.25, -0.2) is 0 Å². The number of hydrogen-bond acceptors (Lipinski definition) is 3. The predicted molar refractivity (Wildman–Crippen MR) is 72.7 cm³/mol. The Morgan fingerprint density at radius 3 is 2.74 bits per heavy atom. The highest BCUT2D eigenvalue weighted by atomic mass is 35.5. The van der Waals surface area contributed by atoms with Crippen LogP contribution in [-0.2, 0) is 9.59 Å². The van der Waals surface area contributed by atoms with Crippen LogP contribution in [0.25, 0.3) is 0 Å². The number of amides is 1. The number of halogens is 1. The monoisotopic (exact) mass is 279 g/mol. The maximum absolute atomic E-state index is 11.9. The second-order valence-electron chi connectivity index (χ2n) is 4.44. The molecule has 0 unspecified atom stereocenters. The fourth-order valence-electron chi connectivity index (χ4n) is 2.10. The molecule has 0 bridgehead atoms. The van der Waals surface area contributed by atoms with Crippen LogP contribution >= 0.6 is 11.6 Å². The summed E-state index contributed by atoms with van der Waals surface area (Å²) in [6, 6.07) is 4.77. The van der Waals surface area contributed by atoms with Gasteiger partial charge in [0.05, 0.1) is 11.3 Å². The van der Waals surface area contributed by atoms with Crippen molar-refractivity contribution < 1.29 is 14.4 Å². The number of carbonyl (C=O) groups excluding carboxylic acids is 3. The van der Waals surface area contributed by atoms with Crippen LogP contribution in [0.4, 0.5) is 5.69 Å². The number of ketones is 2. The molecule has 0 saturated heterocycles. The van der Waals surface area contributed by atoms with E-state index in [1.165, 1.54) is 4.90 Å². The molecule has 0 N–H and O–H groups in total. The van der Waals surface area contributed by atoms with E-state index in [1.807, 2.05) is 6.92 Å². The number of rotatable bonds is 5. The highest BCUT2D eigenvalue weighted by Crippen LogP contribution is 2.31. The molecule has 1 amide bonds. The lowest BCUT2D eigenvalue weighted by molar-refractivity contribution is -0.119. The van der Waals surface area contributed by atoms with Crippen molar-refractivity contribution in [3.63, 3.8) is 0 Å². The Morgan fingerprint density at radius 1 is 1.32 bits per heavy atom. The molecular weight excluding hydrogens is 266 g/mol. The van der Waals surface area contributed by atoms with Crippen molar-refractivity contribution >= 4 is 34.8 Å². The minimum Gasteiger partial charge on any atom is -0.305 e. The normalized spacial score (nSPS) is 13.9. The predicted octanol–water partition coefficient (Wildman–Crippen LogP) is 2.63. The lowest BCUT2D eigenvalue weighted by Gasteiger charge is -2.16. The van der Waals surface area contributed by atoms with E-state index in [-0.39, 0.29) is 5.78 Å². The van der Waals surface area contributed by atoms with Crippen LogP contribution in [0.2, 0.25) is 5.02 Å². The maximum atomic E-state index is 11.9. The minimum absolute atomic E-state index is 0.157. The van der Waals surface area contributed by atoms with Crippen LogP contribution in [-0.4, -0.2) is 24.0 Å². The molecule has 0 radical (unpaired) electrons. The molecule has 0 fully saturated rings. The largest absolute Gasteiger partial charge is 0.305 e. The molecule has 1 heterocycles. The SMILES string of the molecule is CCC(=O)CCCN1C(=O)C(=O)c2ccc(Cl)cc21. The molecule has 100 valence electrons. The summed E-state index contributed by atoms with van der Waals surface area (Å²) in [5, 5.41) is 0.482. The zero-order valence-electron chi connectivity index (χ0n) is 10.6. The quantitative estimate of drug-likeness (QED) is 0.779. The van der Waals surface area contributed by atoms with E-state index >= 15 is 0 Å². The molecule has 0 aliphatic carbocycles. The smallest absolute Gasteiger partial charge is 0.299 e. The van der Waals surface area contributed by atoms with E-state index in [0.29, 0.717) is 42.1 Å². The third kappa shape index (κ3) is 2.68. The second kappa shape index (κ2) is 5.53. The zero-order valence-corrected chi connectivity index (χ0v) is 11.4. The van der Waals surface area contributed by atoms with Crippen LogP contribution in [0.5, 0.6) is 0 Å². The van der Waals surface area contributed by atoms with Crippen molar-refractivity contribution in [2.75, 3.05) is 11.4 Å². The van der Waals surface area contributed by atoms with Crippen LogP contribution in [0.3, 0.4) is 0 Å². The maximum Gasteiger partial charge on any atom is 0.299 e. The summed E-state index contributed by atoms with van der Waals surface area (Å²) in [6.45, 7) is 2.17. The summed E-state index contributed by atoms with van der Waals surface area (Å²) in [7, 11) is 0. The molecule has 1 aliphatic heterocycles. The first-order valence-electron chi connectivity index (χ1n) is 6.22. The third-order valence-electron chi connectivity index (χ3n) is 3.17. The number of fused-ring (bicyclic) bond motifs is 1. The first-order valence-corrected chi connectivity index (χ1v) is 6.60. The van der Waals surface area contributed by atoms with Gasteiger partial charge in [-0.2, -0.15) is 0 Å². The lowest BCUT2D eigenvalue weighted by Crippen LogP contribution is -2.30. The van der Waals surface area contributed by atoms with Gasteiger partial charge in [-0.05, 0) is 24.6 Å². The molecular formula is C14H14ClNO3. The molecule has 1 aliphatic rings. The first kappa shape index (κ1) is 13.7. The van der Waals surface area contributed by atoms with Gasteiger partial charge in [0.1, 0.15) is 5.78 Å². The molecule has 1 aromatic carbocycles. The summed E-state index contributed by atoms with van der Waals surface area (Å²) < 4.78 is 0. The first-order chi connectivity index (χ1) is 9.04. The molecule has 5 heteroatoms. The summed E-state index contributed by atoms with van der Waals surface area (Å²) in [6.07, 6.45) is 1.47. The molecule has 4 nitrogen and oxygen atoms in total. The van der Waals surface area contributed by atoms with Gasteiger partial charge in [-0.15, -0.1) is 0 Å². The topological polar surface area (TPSA) is 54.5 Å². The summed E-state index contributed by atoms with van der Waals surface area (Å²) in [5.41, 5.74) is 0.933. The molecule has 2 rings (SSSR count). The van der Waals surface area contributed by atoms with E-state index in [1.54, 1.807) is 18.2 Å². The Kier molecular flexibility index (Phi) is 4.00.